The molecule has 0 N–H and O–H groups in total. The average Bonchev–Trinajstić information content (AvgIpc) is 2.55. The summed E-state index contributed by atoms with van der Waals surface area (Å²) in [5.41, 5.74) is 1.38. The lowest BCUT2D eigenvalue weighted by Crippen LogP contribution is -2.48. The van der Waals surface area contributed by atoms with Crippen molar-refractivity contribution in [1.82, 2.24) is 0 Å². The van der Waals surface area contributed by atoms with Gasteiger partial charge in [0, 0.05) is 44.8 Å². The number of hydrogen-bond donors (Lipinski definition) is 0. The smallest absolute Gasteiger partial charge is 0.0590 e. The van der Waals surface area contributed by atoms with Crippen LogP contribution in [0.4, 0.5) is 0 Å². The van der Waals surface area contributed by atoms with E-state index in [1.54, 1.807) is 0 Å². The van der Waals surface area contributed by atoms with Crippen LogP contribution in [-0.4, -0.2) is 44.1 Å². The van der Waals surface area contributed by atoms with Crippen LogP contribution in [-0.2, 0) is 9.47 Å². The third-order valence-corrected chi connectivity index (χ3v) is 7.87. The topological polar surface area (TPSA) is 18.5 Å². The van der Waals surface area contributed by atoms with Gasteiger partial charge in [-0.1, -0.05) is 30.3 Å². The van der Waals surface area contributed by atoms with Gasteiger partial charge in [0.1, 0.15) is 0 Å². The lowest BCUT2D eigenvalue weighted by Gasteiger charge is -2.45. The van der Waals surface area contributed by atoms with E-state index < -0.39 is 0 Å². The maximum absolute atomic E-state index is 6.35. The molecule has 2 nitrogen and oxygen atoms in total. The summed E-state index contributed by atoms with van der Waals surface area (Å²) in [6, 6.07) is 11.0. The third-order valence-electron chi connectivity index (χ3n) is 5.33. The minimum atomic E-state index is 0.0256. The van der Waals surface area contributed by atoms with Crippen molar-refractivity contribution >= 4 is 20.5 Å². The molecule has 1 aromatic rings. The fourth-order valence-corrected chi connectivity index (χ4v) is 5.85. The SMILES string of the molecule is [SiH3]C1(C[C](c2ccccc2)C2([SiH3])CCCCO2)CCCCO1. The zero-order valence-corrected chi connectivity index (χ0v) is 18.1. The minimum absolute atomic E-state index is 0.0256. The van der Waals surface area contributed by atoms with Gasteiger partial charge in [-0.25, -0.2) is 0 Å². The van der Waals surface area contributed by atoms with Crippen molar-refractivity contribution in [2.45, 2.75) is 55.4 Å². The summed E-state index contributed by atoms with van der Waals surface area (Å²) in [5.74, 6) is 1.52. The second-order valence-electron chi connectivity index (χ2n) is 7.31. The second kappa shape index (κ2) is 6.99. The fourth-order valence-electron chi connectivity index (χ4n) is 3.91. The molecule has 2 aliphatic heterocycles. The van der Waals surface area contributed by atoms with Gasteiger partial charge in [-0.05, 0) is 50.5 Å². The van der Waals surface area contributed by atoms with Gasteiger partial charge in [0.2, 0.25) is 0 Å². The van der Waals surface area contributed by atoms with Crippen molar-refractivity contribution < 1.29 is 9.47 Å². The number of benzene rings is 1. The van der Waals surface area contributed by atoms with Crippen LogP contribution in [0.25, 0.3) is 0 Å². The first-order chi connectivity index (χ1) is 10.6. The molecule has 2 atom stereocenters. The molecule has 0 saturated carbocycles. The van der Waals surface area contributed by atoms with Crippen molar-refractivity contribution in [3.05, 3.63) is 41.8 Å². The summed E-state index contributed by atoms with van der Waals surface area (Å²) >= 11 is 0. The Morgan fingerprint density at radius 3 is 2.18 bits per heavy atom. The molecule has 2 saturated heterocycles. The van der Waals surface area contributed by atoms with Crippen LogP contribution in [0.1, 0.15) is 50.5 Å². The number of hydrogen-bond acceptors (Lipinski definition) is 2. The molecule has 1 radical (unpaired) electrons. The Balaban J connectivity index is 1.86. The van der Waals surface area contributed by atoms with Gasteiger partial charge in [-0.3, -0.25) is 0 Å². The Kier molecular flexibility index (Phi) is 5.22. The molecule has 121 valence electrons. The van der Waals surface area contributed by atoms with Crippen LogP contribution in [0.15, 0.2) is 30.3 Å². The van der Waals surface area contributed by atoms with Crippen LogP contribution in [0.2, 0.25) is 0 Å². The lowest BCUT2D eigenvalue weighted by molar-refractivity contribution is -0.0433. The van der Waals surface area contributed by atoms with E-state index in [0.29, 0.717) is 0 Å². The monoisotopic (exact) mass is 333 g/mol. The Morgan fingerprint density at radius 2 is 1.59 bits per heavy atom. The lowest BCUT2D eigenvalue weighted by atomic mass is 9.82. The minimum Gasteiger partial charge on any atom is -0.380 e. The predicted octanol–water partition coefficient (Wildman–Crippen LogP) is 1.52. The molecule has 2 unspecified atom stereocenters. The molecule has 4 heteroatoms. The summed E-state index contributed by atoms with van der Waals surface area (Å²) in [6.45, 7) is 1.87. The molecule has 2 heterocycles. The molecule has 0 amide bonds. The van der Waals surface area contributed by atoms with Crippen LogP contribution >= 0.6 is 0 Å². The molecular formula is C18H29O2Si2. The summed E-state index contributed by atoms with van der Waals surface area (Å²) in [4.78, 5) is 0. The first kappa shape index (κ1) is 16.4. The molecule has 3 rings (SSSR count). The maximum Gasteiger partial charge on any atom is 0.0590 e. The molecule has 2 aliphatic rings. The van der Waals surface area contributed by atoms with Crippen LogP contribution in [0, 0.1) is 5.92 Å². The highest BCUT2D eigenvalue weighted by atomic mass is 28.1. The Morgan fingerprint density at radius 1 is 0.909 bits per heavy atom. The molecule has 2 fully saturated rings. The fraction of sp³-hybridized carbons (Fsp3) is 0.611. The van der Waals surface area contributed by atoms with Gasteiger partial charge in [-0.15, -0.1) is 0 Å². The average molecular weight is 334 g/mol. The van der Waals surface area contributed by atoms with E-state index in [0.717, 1.165) is 40.1 Å². The molecule has 0 aromatic heterocycles. The van der Waals surface area contributed by atoms with Crippen molar-refractivity contribution in [2.24, 2.45) is 0 Å². The summed E-state index contributed by atoms with van der Waals surface area (Å²) in [7, 11) is 2.17. The maximum atomic E-state index is 6.35. The van der Waals surface area contributed by atoms with Crippen LogP contribution in [0.5, 0.6) is 0 Å². The Bertz CT molecular complexity index is 465. The van der Waals surface area contributed by atoms with E-state index >= 15 is 0 Å². The van der Waals surface area contributed by atoms with Gasteiger partial charge >= 0.3 is 0 Å². The normalized spacial score (nSPS) is 33.3. The molecule has 0 bridgehead atoms. The zero-order valence-electron chi connectivity index (χ0n) is 14.1. The van der Waals surface area contributed by atoms with E-state index in [9.17, 15) is 0 Å². The van der Waals surface area contributed by atoms with E-state index in [-0.39, 0.29) is 10.4 Å². The van der Waals surface area contributed by atoms with E-state index in [4.69, 9.17) is 9.47 Å². The van der Waals surface area contributed by atoms with Gasteiger partial charge in [0.25, 0.3) is 0 Å². The quantitative estimate of drug-likeness (QED) is 0.778. The highest BCUT2D eigenvalue weighted by molar-refractivity contribution is 6.17. The van der Waals surface area contributed by atoms with Gasteiger partial charge < -0.3 is 9.47 Å². The van der Waals surface area contributed by atoms with Crippen molar-refractivity contribution in [3.8, 4) is 0 Å². The van der Waals surface area contributed by atoms with Gasteiger partial charge in [-0.2, -0.15) is 0 Å². The number of ether oxygens (including phenoxy) is 2. The highest BCUT2D eigenvalue weighted by Crippen LogP contribution is 2.42. The van der Waals surface area contributed by atoms with Crippen molar-refractivity contribution in [2.75, 3.05) is 13.2 Å². The first-order valence-electron chi connectivity index (χ1n) is 8.81. The van der Waals surface area contributed by atoms with Crippen molar-refractivity contribution in [3.63, 3.8) is 0 Å². The van der Waals surface area contributed by atoms with E-state index in [1.807, 2.05) is 0 Å². The molecular weight excluding hydrogens is 304 g/mol. The summed E-state index contributed by atoms with van der Waals surface area (Å²) < 4.78 is 12.6. The predicted molar refractivity (Wildman–Crippen MR) is 98.4 cm³/mol. The molecule has 1 aromatic carbocycles. The highest BCUT2D eigenvalue weighted by Gasteiger charge is 2.42. The Hall–Kier alpha value is -0.426. The van der Waals surface area contributed by atoms with Crippen molar-refractivity contribution in [1.29, 1.82) is 0 Å². The van der Waals surface area contributed by atoms with E-state index in [1.165, 1.54) is 50.0 Å². The second-order valence-corrected chi connectivity index (χ2v) is 10.8. The summed E-state index contributed by atoms with van der Waals surface area (Å²) in [5, 5.41) is 0.152. The molecule has 0 spiro atoms. The zero-order chi connectivity index (χ0) is 15.5. The van der Waals surface area contributed by atoms with E-state index in [2.05, 4.69) is 30.3 Å². The molecule has 0 aliphatic carbocycles. The third kappa shape index (κ3) is 3.73. The van der Waals surface area contributed by atoms with Gasteiger partial charge in [0.15, 0.2) is 0 Å². The molecule has 22 heavy (non-hydrogen) atoms. The van der Waals surface area contributed by atoms with Crippen LogP contribution in [0.3, 0.4) is 0 Å². The largest absolute Gasteiger partial charge is 0.380 e. The standard InChI is InChI=1S/C18H29O2Si2/c21-17(10-4-6-12-19-17)14-16(15-8-2-1-3-9-15)18(22)11-5-7-13-20-18/h1-3,8-9H,4-7,10-14H2,21-22H3. The first-order valence-corrected chi connectivity index (χ1v) is 10.8. The van der Waals surface area contributed by atoms with Gasteiger partial charge in [0.05, 0.1) is 5.22 Å². The Labute approximate surface area is 140 Å². The van der Waals surface area contributed by atoms with Crippen LogP contribution < -0.4 is 0 Å². The summed E-state index contributed by atoms with van der Waals surface area (Å²) in [6.07, 6.45) is 8.57. The number of rotatable bonds is 4.